The molecule has 0 aromatic heterocycles. The monoisotopic (exact) mass is 332 g/mol. The summed E-state index contributed by atoms with van der Waals surface area (Å²) in [5.41, 5.74) is 8.64. The molecule has 0 aliphatic carbocycles. The van der Waals surface area contributed by atoms with E-state index >= 15 is 0 Å². The molecule has 1 atom stereocenters. The summed E-state index contributed by atoms with van der Waals surface area (Å²) in [5.74, 6) is 0.530. The summed E-state index contributed by atoms with van der Waals surface area (Å²) in [6, 6.07) is 9.12. The number of aliphatic imine (C=N–C) groups is 1. The molecule has 1 aromatic carbocycles. The zero-order valence-corrected chi connectivity index (χ0v) is 15.1. The average Bonchev–Trinajstić information content (AvgIpc) is 3.11. The first-order valence-corrected chi connectivity index (χ1v) is 9.13. The van der Waals surface area contributed by atoms with E-state index in [-0.39, 0.29) is 0 Å². The van der Waals surface area contributed by atoms with Gasteiger partial charge in [0, 0.05) is 19.8 Å². The van der Waals surface area contributed by atoms with E-state index in [1.165, 1.54) is 24.0 Å². The minimum Gasteiger partial charge on any atom is -0.382 e. The maximum absolute atomic E-state index is 6.02. The zero-order chi connectivity index (χ0) is 17.2. The van der Waals surface area contributed by atoms with Gasteiger partial charge in [-0.25, -0.2) is 0 Å². The van der Waals surface area contributed by atoms with Crippen molar-refractivity contribution in [3.05, 3.63) is 35.4 Å². The molecule has 1 aromatic rings. The molecule has 1 saturated heterocycles. The van der Waals surface area contributed by atoms with E-state index in [0.717, 1.165) is 39.3 Å². The van der Waals surface area contributed by atoms with E-state index in [0.29, 0.717) is 18.5 Å². The summed E-state index contributed by atoms with van der Waals surface area (Å²) >= 11 is 0. The van der Waals surface area contributed by atoms with E-state index < -0.39 is 0 Å². The Morgan fingerprint density at radius 3 is 2.67 bits per heavy atom. The number of rotatable bonds is 9. The van der Waals surface area contributed by atoms with Crippen molar-refractivity contribution in [2.24, 2.45) is 10.7 Å². The second-order valence-corrected chi connectivity index (χ2v) is 6.37. The molecule has 0 spiro atoms. The van der Waals surface area contributed by atoms with Crippen LogP contribution in [0.2, 0.25) is 0 Å². The largest absolute Gasteiger partial charge is 0.382 e. The van der Waals surface area contributed by atoms with Gasteiger partial charge in [0.1, 0.15) is 0 Å². The van der Waals surface area contributed by atoms with Crippen molar-refractivity contribution in [1.82, 2.24) is 10.2 Å². The zero-order valence-electron chi connectivity index (χ0n) is 15.1. The fourth-order valence-electron chi connectivity index (χ4n) is 3.05. The van der Waals surface area contributed by atoms with Crippen LogP contribution in [0, 0.1) is 6.92 Å². The highest BCUT2D eigenvalue weighted by Crippen LogP contribution is 2.25. The quantitative estimate of drug-likeness (QED) is 0.414. The third-order valence-corrected chi connectivity index (χ3v) is 4.45. The van der Waals surface area contributed by atoms with Gasteiger partial charge in [-0.05, 0) is 51.8 Å². The van der Waals surface area contributed by atoms with Crippen molar-refractivity contribution in [3.63, 3.8) is 0 Å². The van der Waals surface area contributed by atoms with Crippen LogP contribution >= 0.6 is 0 Å². The maximum Gasteiger partial charge on any atom is 0.188 e. The van der Waals surface area contributed by atoms with Crippen LogP contribution in [0.1, 0.15) is 43.4 Å². The number of nitrogens with zero attached hydrogens (tertiary/aromatic N) is 2. The number of aryl methyl sites for hydroxylation is 1. The lowest BCUT2D eigenvalue weighted by molar-refractivity contribution is 0.145. The Balaban J connectivity index is 1.90. The van der Waals surface area contributed by atoms with Crippen molar-refractivity contribution in [3.8, 4) is 0 Å². The highest BCUT2D eigenvalue weighted by atomic mass is 16.5. The van der Waals surface area contributed by atoms with Gasteiger partial charge in [-0.2, -0.15) is 0 Å². The van der Waals surface area contributed by atoms with Crippen LogP contribution in [0.15, 0.2) is 29.3 Å². The highest BCUT2D eigenvalue weighted by molar-refractivity contribution is 5.77. The van der Waals surface area contributed by atoms with Gasteiger partial charge in [-0.15, -0.1) is 0 Å². The van der Waals surface area contributed by atoms with Crippen LogP contribution < -0.4 is 11.1 Å². The van der Waals surface area contributed by atoms with Crippen LogP contribution in [0.4, 0.5) is 0 Å². The van der Waals surface area contributed by atoms with E-state index in [1.807, 2.05) is 6.92 Å². The van der Waals surface area contributed by atoms with Crippen LogP contribution in [-0.4, -0.2) is 50.3 Å². The molecule has 1 unspecified atom stereocenters. The molecular formula is C19H32N4O. The van der Waals surface area contributed by atoms with Crippen LogP contribution in [0.3, 0.4) is 0 Å². The molecule has 3 N–H and O–H groups in total. The van der Waals surface area contributed by atoms with Gasteiger partial charge >= 0.3 is 0 Å². The number of nitrogens with one attached hydrogen (secondary N) is 1. The number of ether oxygens (including phenoxy) is 1. The first-order valence-electron chi connectivity index (χ1n) is 9.13. The van der Waals surface area contributed by atoms with Crippen molar-refractivity contribution in [1.29, 1.82) is 0 Å². The van der Waals surface area contributed by atoms with Crippen molar-refractivity contribution in [2.75, 3.05) is 39.4 Å². The molecule has 0 saturated carbocycles. The van der Waals surface area contributed by atoms with E-state index in [9.17, 15) is 0 Å². The molecule has 24 heavy (non-hydrogen) atoms. The third-order valence-electron chi connectivity index (χ3n) is 4.45. The lowest BCUT2D eigenvalue weighted by Crippen LogP contribution is -2.35. The third kappa shape index (κ3) is 6.13. The number of nitrogens with two attached hydrogens (primary N) is 1. The van der Waals surface area contributed by atoms with Crippen LogP contribution in [0.5, 0.6) is 0 Å². The molecule has 1 fully saturated rings. The number of benzene rings is 1. The molecule has 2 rings (SSSR count). The molecule has 0 bridgehead atoms. The molecule has 0 radical (unpaired) electrons. The molecule has 134 valence electrons. The summed E-state index contributed by atoms with van der Waals surface area (Å²) < 4.78 is 5.32. The minimum absolute atomic E-state index is 0.317. The fraction of sp³-hybridized carbons (Fsp3) is 0.632. The Morgan fingerprint density at radius 2 is 2.00 bits per heavy atom. The van der Waals surface area contributed by atoms with Crippen molar-refractivity contribution < 1.29 is 4.74 Å². The summed E-state index contributed by atoms with van der Waals surface area (Å²) in [6.45, 7) is 9.45. The SMILES string of the molecule is CCOCCCNC(N)=NCC(c1ccc(C)cc1)N1CCCC1. The molecular weight excluding hydrogens is 300 g/mol. The van der Waals surface area contributed by atoms with Crippen LogP contribution in [0.25, 0.3) is 0 Å². The summed E-state index contributed by atoms with van der Waals surface area (Å²) in [5, 5.41) is 3.18. The number of guanidine groups is 1. The normalized spacial score (nSPS) is 17.2. The van der Waals surface area contributed by atoms with Gasteiger partial charge in [0.05, 0.1) is 12.6 Å². The minimum atomic E-state index is 0.317. The van der Waals surface area contributed by atoms with E-state index in [1.54, 1.807) is 0 Å². The number of likely N-dealkylation sites (tertiary alicyclic amines) is 1. The molecule has 0 amide bonds. The Hall–Kier alpha value is -1.59. The average molecular weight is 332 g/mol. The first-order chi connectivity index (χ1) is 11.7. The Labute approximate surface area is 146 Å². The highest BCUT2D eigenvalue weighted by Gasteiger charge is 2.23. The maximum atomic E-state index is 6.02. The van der Waals surface area contributed by atoms with Gasteiger partial charge in [0.25, 0.3) is 0 Å². The Bertz CT molecular complexity index is 495. The molecule has 1 aliphatic rings. The summed E-state index contributed by atoms with van der Waals surface area (Å²) in [6.07, 6.45) is 3.49. The predicted molar refractivity (Wildman–Crippen MR) is 100 cm³/mol. The predicted octanol–water partition coefficient (Wildman–Crippen LogP) is 2.46. The van der Waals surface area contributed by atoms with Crippen LogP contribution in [-0.2, 0) is 4.74 Å². The second kappa shape index (κ2) is 10.3. The van der Waals surface area contributed by atoms with Gasteiger partial charge in [-0.3, -0.25) is 9.89 Å². The first kappa shape index (κ1) is 18.7. The standard InChI is InChI=1S/C19H32N4O/c1-3-24-14-6-11-21-19(20)22-15-18(23-12-4-5-13-23)17-9-7-16(2)8-10-17/h7-10,18H,3-6,11-15H2,1-2H3,(H3,20,21,22). The summed E-state index contributed by atoms with van der Waals surface area (Å²) in [4.78, 5) is 7.11. The topological polar surface area (TPSA) is 62.9 Å². The summed E-state index contributed by atoms with van der Waals surface area (Å²) in [7, 11) is 0. The molecule has 1 heterocycles. The Kier molecular flexibility index (Phi) is 8.05. The smallest absolute Gasteiger partial charge is 0.188 e. The lowest BCUT2D eigenvalue weighted by Gasteiger charge is -2.26. The van der Waals surface area contributed by atoms with Gasteiger partial charge in [-0.1, -0.05) is 29.8 Å². The van der Waals surface area contributed by atoms with Crippen molar-refractivity contribution >= 4 is 5.96 Å². The molecule has 5 heteroatoms. The fourth-order valence-corrected chi connectivity index (χ4v) is 3.05. The number of hydrogen-bond donors (Lipinski definition) is 2. The van der Waals surface area contributed by atoms with Gasteiger partial charge < -0.3 is 15.8 Å². The second-order valence-electron chi connectivity index (χ2n) is 6.37. The van der Waals surface area contributed by atoms with Crippen molar-refractivity contribution in [2.45, 2.75) is 39.2 Å². The molecule has 5 nitrogen and oxygen atoms in total. The van der Waals surface area contributed by atoms with Gasteiger partial charge in [0.2, 0.25) is 0 Å². The van der Waals surface area contributed by atoms with E-state index in [4.69, 9.17) is 10.5 Å². The number of hydrogen-bond acceptors (Lipinski definition) is 3. The van der Waals surface area contributed by atoms with E-state index in [2.05, 4.69) is 46.4 Å². The van der Waals surface area contributed by atoms with Gasteiger partial charge in [0.15, 0.2) is 5.96 Å². The Morgan fingerprint density at radius 1 is 1.29 bits per heavy atom. The molecule has 1 aliphatic heterocycles. The lowest BCUT2D eigenvalue weighted by atomic mass is 10.0.